The molecule has 0 unspecified atom stereocenters. The van der Waals surface area contributed by atoms with E-state index >= 15 is 0 Å². The zero-order chi connectivity index (χ0) is 16.0. The van der Waals surface area contributed by atoms with Crippen molar-refractivity contribution in [1.29, 1.82) is 5.26 Å². The van der Waals surface area contributed by atoms with Gasteiger partial charge in [-0.2, -0.15) is 5.26 Å². The molecule has 112 valence electrons. The summed E-state index contributed by atoms with van der Waals surface area (Å²) < 4.78 is 0. The number of amides is 2. The quantitative estimate of drug-likeness (QED) is 0.919. The van der Waals surface area contributed by atoms with E-state index in [9.17, 15) is 9.59 Å². The molecule has 0 radical (unpaired) electrons. The van der Waals surface area contributed by atoms with Crippen LogP contribution in [0.5, 0.6) is 0 Å². The SMILES string of the molecule is CCN(CC(=O)NC(C)(C)C)C(=O)c1cccc(C#N)c1. The van der Waals surface area contributed by atoms with Gasteiger partial charge in [-0.05, 0) is 45.9 Å². The molecule has 0 aliphatic rings. The molecule has 0 aromatic heterocycles. The van der Waals surface area contributed by atoms with Crippen LogP contribution >= 0.6 is 0 Å². The summed E-state index contributed by atoms with van der Waals surface area (Å²) in [6.45, 7) is 7.91. The number of carbonyl (C=O) groups excluding carboxylic acids is 2. The van der Waals surface area contributed by atoms with Crippen molar-refractivity contribution in [2.45, 2.75) is 33.2 Å². The van der Waals surface area contributed by atoms with E-state index in [2.05, 4.69) is 5.32 Å². The second kappa shape index (κ2) is 6.89. The molecular formula is C16H21N3O2. The van der Waals surface area contributed by atoms with Crippen molar-refractivity contribution in [3.63, 3.8) is 0 Å². The topological polar surface area (TPSA) is 73.2 Å². The lowest BCUT2D eigenvalue weighted by molar-refractivity contribution is -0.123. The van der Waals surface area contributed by atoms with Crippen LogP contribution in [-0.2, 0) is 4.79 Å². The summed E-state index contributed by atoms with van der Waals surface area (Å²) in [5.41, 5.74) is 0.510. The molecule has 2 amide bonds. The summed E-state index contributed by atoms with van der Waals surface area (Å²) in [7, 11) is 0. The first-order valence-corrected chi connectivity index (χ1v) is 6.87. The first-order valence-electron chi connectivity index (χ1n) is 6.87. The molecule has 1 aromatic carbocycles. The van der Waals surface area contributed by atoms with Crippen molar-refractivity contribution in [2.75, 3.05) is 13.1 Å². The van der Waals surface area contributed by atoms with Gasteiger partial charge < -0.3 is 10.2 Å². The van der Waals surface area contributed by atoms with Crippen LogP contribution in [-0.4, -0.2) is 35.3 Å². The lowest BCUT2D eigenvalue weighted by Gasteiger charge is -2.25. The van der Waals surface area contributed by atoms with Crippen LogP contribution in [0.25, 0.3) is 0 Å². The maximum Gasteiger partial charge on any atom is 0.254 e. The van der Waals surface area contributed by atoms with Crippen LogP contribution in [0.15, 0.2) is 24.3 Å². The molecule has 1 rings (SSSR count). The minimum absolute atomic E-state index is 0.00336. The second-order valence-corrected chi connectivity index (χ2v) is 5.81. The number of carbonyl (C=O) groups is 2. The van der Waals surface area contributed by atoms with Crippen LogP contribution in [0, 0.1) is 11.3 Å². The molecule has 0 aliphatic heterocycles. The summed E-state index contributed by atoms with van der Waals surface area (Å²) >= 11 is 0. The van der Waals surface area contributed by atoms with Crippen LogP contribution in [0.2, 0.25) is 0 Å². The van der Waals surface area contributed by atoms with E-state index in [-0.39, 0.29) is 23.9 Å². The molecule has 0 bridgehead atoms. The largest absolute Gasteiger partial charge is 0.350 e. The van der Waals surface area contributed by atoms with Gasteiger partial charge in [0.2, 0.25) is 5.91 Å². The number of nitriles is 1. The number of benzene rings is 1. The lowest BCUT2D eigenvalue weighted by atomic mass is 10.1. The molecule has 0 atom stereocenters. The molecule has 1 N–H and O–H groups in total. The second-order valence-electron chi connectivity index (χ2n) is 5.81. The Labute approximate surface area is 125 Å². The molecule has 1 aromatic rings. The zero-order valence-electron chi connectivity index (χ0n) is 12.9. The summed E-state index contributed by atoms with van der Waals surface area (Å²) in [6.07, 6.45) is 0. The molecular weight excluding hydrogens is 266 g/mol. The van der Waals surface area contributed by atoms with Gasteiger partial charge in [-0.3, -0.25) is 9.59 Å². The van der Waals surface area contributed by atoms with Crippen molar-refractivity contribution >= 4 is 11.8 Å². The molecule has 0 heterocycles. The van der Waals surface area contributed by atoms with Gasteiger partial charge in [0.25, 0.3) is 5.91 Å². The van der Waals surface area contributed by atoms with E-state index in [1.807, 2.05) is 33.8 Å². The Morgan fingerprint density at radius 3 is 2.52 bits per heavy atom. The van der Waals surface area contributed by atoms with Gasteiger partial charge in [0.05, 0.1) is 18.2 Å². The van der Waals surface area contributed by atoms with Crippen LogP contribution < -0.4 is 5.32 Å². The van der Waals surface area contributed by atoms with E-state index in [0.717, 1.165) is 0 Å². The number of rotatable bonds is 4. The van der Waals surface area contributed by atoms with E-state index in [4.69, 9.17) is 5.26 Å². The average molecular weight is 287 g/mol. The Hall–Kier alpha value is -2.35. The van der Waals surface area contributed by atoms with E-state index in [1.165, 1.54) is 11.0 Å². The fraction of sp³-hybridized carbons (Fsp3) is 0.438. The van der Waals surface area contributed by atoms with Gasteiger partial charge in [-0.15, -0.1) is 0 Å². The number of likely N-dealkylation sites (N-methyl/N-ethyl adjacent to an activating group) is 1. The van der Waals surface area contributed by atoms with Crippen molar-refractivity contribution in [2.24, 2.45) is 0 Å². The standard InChI is InChI=1S/C16H21N3O2/c1-5-19(11-14(20)18-16(2,3)4)15(21)13-8-6-7-12(9-13)10-17/h6-9H,5,11H2,1-4H3,(H,18,20). The van der Waals surface area contributed by atoms with Gasteiger partial charge in [0, 0.05) is 17.6 Å². The summed E-state index contributed by atoms with van der Waals surface area (Å²) in [5, 5.41) is 11.7. The fourth-order valence-electron chi connectivity index (χ4n) is 1.86. The van der Waals surface area contributed by atoms with Gasteiger partial charge in [-0.1, -0.05) is 6.07 Å². The van der Waals surface area contributed by atoms with Crippen molar-refractivity contribution in [1.82, 2.24) is 10.2 Å². The van der Waals surface area contributed by atoms with Crippen molar-refractivity contribution in [3.8, 4) is 6.07 Å². The van der Waals surface area contributed by atoms with E-state index in [0.29, 0.717) is 17.7 Å². The normalized spacial score (nSPS) is 10.6. The number of nitrogens with zero attached hydrogens (tertiary/aromatic N) is 2. The van der Waals surface area contributed by atoms with Crippen LogP contribution in [0.4, 0.5) is 0 Å². The highest BCUT2D eigenvalue weighted by Crippen LogP contribution is 2.08. The highest BCUT2D eigenvalue weighted by atomic mass is 16.2. The zero-order valence-corrected chi connectivity index (χ0v) is 12.9. The predicted octanol–water partition coefficient (Wildman–Crippen LogP) is 1.94. The van der Waals surface area contributed by atoms with Gasteiger partial charge in [0.1, 0.15) is 0 Å². The number of nitrogens with one attached hydrogen (secondary N) is 1. The maximum absolute atomic E-state index is 12.4. The highest BCUT2D eigenvalue weighted by Gasteiger charge is 2.20. The van der Waals surface area contributed by atoms with Crippen molar-refractivity contribution in [3.05, 3.63) is 35.4 Å². The molecule has 0 fully saturated rings. The van der Waals surface area contributed by atoms with Crippen LogP contribution in [0.1, 0.15) is 43.6 Å². The Bertz CT molecular complexity index is 568. The minimum atomic E-state index is -0.333. The molecule has 0 aliphatic carbocycles. The summed E-state index contributed by atoms with van der Waals surface area (Å²) in [6, 6.07) is 8.48. The Kier molecular flexibility index (Phi) is 5.48. The molecule has 0 saturated carbocycles. The molecule has 21 heavy (non-hydrogen) atoms. The van der Waals surface area contributed by atoms with E-state index in [1.54, 1.807) is 18.2 Å². The minimum Gasteiger partial charge on any atom is -0.350 e. The number of hydrogen-bond donors (Lipinski definition) is 1. The van der Waals surface area contributed by atoms with E-state index < -0.39 is 0 Å². The summed E-state index contributed by atoms with van der Waals surface area (Å²) in [5.74, 6) is -0.451. The molecule has 5 heteroatoms. The fourth-order valence-corrected chi connectivity index (χ4v) is 1.86. The van der Waals surface area contributed by atoms with Crippen LogP contribution in [0.3, 0.4) is 0 Å². The van der Waals surface area contributed by atoms with Gasteiger partial charge >= 0.3 is 0 Å². The molecule has 0 spiro atoms. The van der Waals surface area contributed by atoms with Crippen molar-refractivity contribution < 1.29 is 9.59 Å². The third kappa shape index (κ3) is 5.27. The number of hydrogen-bond acceptors (Lipinski definition) is 3. The first-order chi connectivity index (χ1) is 9.76. The average Bonchev–Trinajstić information content (AvgIpc) is 2.42. The first kappa shape index (κ1) is 16.7. The Morgan fingerprint density at radius 1 is 1.33 bits per heavy atom. The van der Waals surface area contributed by atoms with Gasteiger partial charge in [-0.25, -0.2) is 0 Å². The molecule has 0 saturated heterocycles. The third-order valence-corrected chi connectivity index (χ3v) is 2.76. The monoisotopic (exact) mass is 287 g/mol. The smallest absolute Gasteiger partial charge is 0.254 e. The maximum atomic E-state index is 12.4. The molecule has 5 nitrogen and oxygen atoms in total. The Morgan fingerprint density at radius 2 is 2.00 bits per heavy atom. The highest BCUT2D eigenvalue weighted by molar-refractivity contribution is 5.96. The lowest BCUT2D eigenvalue weighted by Crippen LogP contribution is -2.47. The summed E-state index contributed by atoms with van der Waals surface area (Å²) in [4.78, 5) is 25.8. The predicted molar refractivity (Wildman–Crippen MR) is 80.6 cm³/mol. The Balaban J connectivity index is 2.82. The third-order valence-electron chi connectivity index (χ3n) is 2.76. The van der Waals surface area contributed by atoms with Gasteiger partial charge in [0.15, 0.2) is 0 Å².